The van der Waals surface area contributed by atoms with Crippen LogP contribution >= 0.6 is 0 Å². The van der Waals surface area contributed by atoms with Crippen molar-refractivity contribution in [2.75, 3.05) is 26.3 Å². The van der Waals surface area contributed by atoms with E-state index in [1.165, 1.54) is 5.56 Å². The molecule has 6 heteroatoms. The zero-order valence-electron chi connectivity index (χ0n) is 12.8. The molecule has 0 spiro atoms. The average Bonchev–Trinajstić information content (AvgIpc) is 2.98. The van der Waals surface area contributed by atoms with E-state index in [0.29, 0.717) is 0 Å². The smallest absolute Gasteiger partial charge is 0.176 e. The number of aryl methyl sites for hydroxylation is 1. The Bertz CT molecular complexity index is 616. The molecule has 1 saturated heterocycles. The molecule has 0 unspecified atom stereocenters. The highest BCUT2D eigenvalue weighted by Gasteiger charge is 2.35. The Balaban J connectivity index is 1.98. The SMILES string of the molecule is Cc1cccc(-n2nnnc2C(C)(C)N2CCOCC2)c1. The van der Waals surface area contributed by atoms with E-state index in [2.05, 4.69) is 53.3 Å². The Morgan fingerprint density at radius 1 is 1.19 bits per heavy atom. The summed E-state index contributed by atoms with van der Waals surface area (Å²) in [4.78, 5) is 2.37. The molecule has 21 heavy (non-hydrogen) atoms. The van der Waals surface area contributed by atoms with Gasteiger partial charge in [0.2, 0.25) is 0 Å². The quantitative estimate of drug-likeness (QED) is 0.857. The lowest BCUT2D eigenvalue weighted by Gasteiger charge is -2.39. The lowest BCUT2D eigenvalue weighted by atomic mass is 10.0. The van der Waals surface area contributed by atoms with Crippen LogP contribution in [0.25, 0.3) is 5.69 Å². The highest BCUT2D eigenvalue weighted by Crippen LogP contribution is 2.28. The first-order chi connectivity index (χ1) is 10.1. The molecule has 2 heterocycles. The van der Waals surface area contributed by atoms with Crippen molar-refractivity contribution in [1.82, 2.24) is 25.1 Å². The first kappa shape index (κ1) is 14.2. The van der Waals surface area contributed by atoms with Crippen LogP contribution in [0.4, 0.5) is 0 Å². The summed E-state index contributed by atoms with van der Waals surface area (Å²) in [5, 5.41) is 12.4. The van der Waals surface area contributed by atoms with Gasteiger partial charge in [-0.1, -0.05) is 12.1 Å². The number of morpholine rings is 1. The van der Waals surface area contributed by atoms with E-state index in [-0.39, 0.29) is 5.54 Å². The summed E-state index contributed by atoms with van der Waals surface area (Å²) in [5.41, 5.74) is 1.95. The molecular weight excluding hydrogens is 266 g/mol. The second kappa shape index (κ2) is 5.54. The molecule has 6 nitrogen and oxygen atoms in total. The Labute approximate surface area is 124 Å². The van der Waals surface area contributed by atoms with Gasteiger partial charge in [-0.3, -0.25) is 4.90 Å². The van der Waals surface area contributed by atoms with Crippen molar-refractivity contribution in [3.8, 4) is 5.69 Å². The van der Waals surface area contributed by atoms with Crippen LogP contribution in [0, 0.1) is 6.92 Å². The third kappa shape index (κ3) is 2.69. The van der Waals surface area contributed by atoms with Gasteiger partial charge in [-0.15, -0.1) is 5.10 Å². The highest BCUT2D eigenvalue weighted by atomic mass is 16.5. The molecule has 0 atom stereocenters. The number of rotatable bonds is 3. The predicted molar refractivity (Wildman–Crippen MR) is 79.3 cm³/mol. The van der Waals surface area contributed by atoms with Gasteiger partial charge in [-0.05, 0) is 48.9 Å². The van der Waals surface area contributed by atoms with Gasteiger partial charge in [0.05, 0.1) is 24.4 Å². The summed E-state index contributed by atoms with van der Waals surface area (Å²) in [6.07, 6.45) is 0. The van der Waals surface area contributed by atoms with Crippen LogP contribution in [0.3, 0.4) is 0 Å². The van der Waals surface area contributed by atoms with E-state index >= 15 is 0 Å². The van der Waals surface area contributed by atoms with Gasteiger partial charge in [0.25, 0.3) is 0 Å². The van der Waals surface area contributed by atoms with Gasteiger partial charge in [0.15, 0.2) is 5.82 Å². The van der Waals surface area contributed by atoms with Crippen LogP contribution in [-0.4, -0.2) is 51.4 Å². The van der Waals surface area contributed by atoms with Crippen LogP contribution in [0.15, 0.2) is 24.3 Å². The van der Waals surface area contributed by atoms with Crippen molar-refractivity contribution < 1.29 is 4.74 Å². The Morgan fingerprint density at radius 2 is 1.95 bits per heavy atom. The molecular formula is C15H21N5O. The van der Waals surface area contributed by atoms with Crippen molar-refractivity contribution in [3.05, 3.63) is 35.7 Å². The van der Waals surface area contributed by atoms with E-state index in [4.69, 9.17) is 4.74 Å². The molecule has 0 aliphatic carbocycles. The molecule has 0 radical (unpaired) electrons. The number of benzene rings is 1. The molecule has 0 bridgehead atoms. The monoisotopic (exact) mass is 287 g/mol. The van der Waals surface area contributed by atoms with Crippen LogP contribution < -0.4 is 0 Å². The Hall–Kier alpha value is -1.79. The molecule has 0 amide bonds. The van der Waals surface area contributed by atoms with Gasteiger partial charge in [-0.2, -0.15) is 4.68 Å². The molecule has 1 aromatic carbocycles. The topological polar surface area (TPSA) is 56.1 Å². The summed E-state index contributed by atoms with van der Waals surface area (Å²) in [6.45, 7) is 9.71. The van der Waals surface area contributed by atoms with Crippen molar-refractivity contribution in [2.45, 2.75) is 26.3 Å². The summed E-state index contributed by atoms with van der Waals surface area (Å²) in [6, 6.07) is 8.22. The van der Waals surface area contributed by atoms with Crippen molar-refractivity contribution in [3.63, 3.8) is 0 Å². The van der Waals surface area contributed by atoms with E-state index in [0.717, 1.165) is 37.8 Å². The normalized spacial score (nSPS) is 17.1. The zero-order chi connectivity index (χ0) is 14.9. The molecule has 1 aliphatic rings. The standard InChI is InChI=1S/C15H21N5O/c1-12-5-4-6-13(11-12)20-14(16-17-18-20)15(2,3)19-7-9-21-10-8-19/h4-6,11H,7-10H2,1-3H3. The fourth-order valence-electron chi connectivity index (χ4n) is 2.77. The number of ether oxygens (including phenoxy) is 1. The van der Waals surface area contributed by atoms with Crippen molar-refractivity contribution in [2.24, 2.45) is 0 Å². The Morgan fingerprint density at radius 3 is 2.67 bits per heavy atom. The lowest BCUT2D eigenvalue weighted by Crippen LogP contribution is -2.49. The van der Waals surface area contributed by atoms with Crippen LogP contribution in [0.1, 0.15) is 25.2 Å². The van der Waals surface area contributed by atoms with E-state index < -0.39 is 0 Å². The first-order valence-electron chi connectivity index (χ1n) is 7.28. The van der Waals surface area contributed by atoms with E-state index in [1.807, 2.05) is 16.8 Å². The largest absolute Gasteiger partial charge is 0.379 e. The molecule has 1 aliphatic heterocycles. The van der Waals surface area contributed by atoms with Gasteiger partial charge in [0.1, 0.15) is 0 Å². The van der Waals surface area contributed by atoms with Gasteiger partial charge < -0.3 is 4.74 Å². The van der Waals surface area contributed by atoms with Crippen LogP contribution in [0.5, 0.6) is 0 Å². The summed E-state index contributed by atoms with van der Waals surface area (Å²) >= 11 is 0. The zero-order valence-corrected chi connectivity index (χ0v) is 12.8. The molecule has 1 fully saturated rings. The number of aromatic nitrogens is 4. The number of hydrogen-bond acceptors (Lipinski definition) is 5. The maximum Gasteiger partial charge on any atom is 0.176 e. The first-order valence-corrected chi connectivity index (χ1v) is 7.28. The highest BCUT2D eigenvalue weighted by molar-refractivity contribution is 5.35. The molecule has 3 rings (SSSR count). The number of nitrogens with zero attached hydrogens (tertiary/aromatic N) is 5. The number of hydrogen-bond donors (Lipinski definition) is 0. The molecule has 1 aromatic heterocycles. The fourth-order valence-corrected chi connectivity index (χ4v) is 2.77. The Kier molecular flexibility index (Phi) is 3.73. The van der Waals surface area contributed by atoms with E-state index in [9.17, 15) is 0 Å². The van der Waals surface area contributed by atoms with Crippen molar-refractivity contribution >= 4 is 0 Å². The summed E-state index contributed by atoms with van der Waals surface area (Å²) < 4.78 is 7.28. The van der Waals surface area contributed by atoms with E-state index in [1.54, 1.807) is 0 Å². The molecule has 112 valence electrons. The average molecular weight is 287 g/mol. The van der Waals surface area contributed by atoms with Crippen LogP contribution in [0.2, 0.25) is 0 Å². The third-order valence-corrected chi connectivity index (χ3v) is 4.06. The molecule has 2 aromatic rings. The second-order valence-corrected chi connectivity index (χ2v) is 5.91. The second-order valence-electron chi connectivity index (χ2n) is 5.91. The number of tetrazole rings is 1. The van der Waals surface area contributed by atoms with Gasteiger partial charge in [0, 0.05) is 13.1 Å². The molecule has 0 saturated carbocycles. The lowest BCUT2D eigenvalue weighted by molar-refractivity contribution is -0.0155. The van der Waals surface area contributed by atoms with Gasteiger partial charge in [-0.25, -0.2) is 0 Å². The van der Waals surface area contributed by atoms with Crippen LogP contribution in [-0.2, 0) is 10.3 Å². The third-order valence-electron chi connectivity index (χ3n) is 4.06. The maximum absolute atomic E-state index is 5.44. The van der Waals surface area contributed by atoms with Gasteiger partial charge >= 0.3 is 0 Å². The minimum Gasteiger partial charge on any atom is -0.379 e. The maximum atomic E-state index is 5.44. The predicted octanol–water partition coefficient (Wildman–Crippen LogP) is 1.54. The van der Waals surface area contributed by atoms with Crippen molar-refractivity contribution in [1.29, 1.82) is 0 Å². The minimum atomic E-state index is -0.239. The minimum absolute atomic E-state index is 0.239. The summed E-state index contributed by atoms with van der Waals surface area (Å²) in [7, 11) is 0. The molecule has 0 N–H and O–H groups in total. The fraction of sp³-hybridized carbons (Fsp3) is 0.533. The summed E-state index contributed by atoms with van der Waals surface area (Å²) in [5.74, 6) is 0.856.